The molecule has 0 radical (unpaired) electrons. The Labute approximate surface area is 194 Å². The summed E-state index contributed by atoms with van der Waals surface area (Å²) in [4.78, 5) is 18.3. The topological polar surface area (TPSA) is 57.4 Å². The molecule has 180 valence electrons. The van der Waals surface area contributed by atoms with Crippen LogP contribution >= 0.6 is 0 Å². The summed E-state index contributed by atoms with van der Waals surface area (Å²) in [6.07, 6.45) is -3.42. The lowest BCUT2D eigenvalue weighted by Crippen LogP contribution is -2.56. The molecule has 0 aliphatic carbocycles. The van der Waals surface area contributed by atoms with E-state index >= 15 is 0 Å². The van der Waals surface area contributed by atoms with Crippen LogP contribution in [0.1, 0.15) is 41.7 Å². The van der Waals surface area contributed by atoms with Crippen molar-refractivity contribution in [3.63, 3.8) is 0 Å². The molecule has 1 aromatic heterocycles. The summed E-state index contributed by atoms with van der Waals surface area (Å²) in [5, 5.41) is 3.60. The molecule has 0 bridgehead atoms. The number of ether oxygens (including phenoxy) is 1. The van der Waals surface area contributed by atoms with Crippen molar-refractivity contribution in [1.82, 2.24) is 15.2 Å². The molecule has 3 heterocycles. The van der Waals surface area contributed by atoms with E-state index in [1.165, 1.54) is 13.2 Å². The van der Waals surface area contributed by atoms with Gasteiger partial charge in [-0.1, -0.05) is 36.4 Å². The minimum absolute atomic E-state index is 0.233. The standard InChI is InChI=1S/C25H25F4N3O2/c1-34-24(33)22-12-17-15-6-3-5-9-19(15)31-23(17)21-11-14(30-13-25(27,28)29)10-20(32(21)22)16-7-2-4-8-18(16)26/h2-9,14,20-22,30-31H,10-13H2,1H3. The fraction of sp³-hybridized carbons (Fsp3) is 0.400. The summed E-state index contributed by atoms with van der Waals surface area (Å²) in [5.41, 5.74) is 3.07. The van der Waals surface area contributed by atoms with Gasteiger partial charge < -0.3 is 15.0 Å². The molecule has 0 saturated carbocycles. The fourth-order valence-electron chi connectivity index (χ4n) is 5.62. The highest BCUT2D eigenvalue weighted by Gasteiger charge is 2.49. The monoisotopic (exact) mass is 475 g/mol. The second kappa shape index (κ2) is 8.70. The number of esters is 1. The Hall–Kier alpha value is -2.91. The molecule has 3 aromatic rings. The number of halogens is 4. The van der Waals surface area contributed by atoms with Crippen LogP contribution in [-0.2, 0) is 16.0 Å². The first-order valence-electron chi connectivity index (χ1n) is 11.3. The number of carbonyl (C=O) groups excluding carboxylic acids is 1. The van der Waals surface area contributed by atoms with E-state index in [9.17, 15) is 22.4 Å². The number of carbonyl (C=O) groups is 1. The molecular weight excluding hydrogens is 450 g/mol. The van der Waals surface area contributed by atoms with E-state index in [4.69, 9.17) is 4.74 Å². The number of hydrogen-bond donors (Lipinski definition) is 2. The van der Waals surface area contributed by atoms with Crippen LogP contribution < -0.4 is 5.32 Å². The Morgan fingerprint density at radius 2 is 1.82 bits per heavy atom. The quantitative estimate of drug-likeness (QED) is 0.420. The Bertz CT molecular complexity index is 1210. The number of alkyl halides is 3. The van der Waals surface area contributed by atoms with Crippen LogP contribution in [0.15, 0.2) is 48.5 Å². The Morgan fingerprint density at radius 1 is 1.12 bits per heavy atom. The largest absolute Gasteiger partial charge is 0.468 e. The number of nitrogens with zero attached hydrogens (tertiary/aromatic N) is 1. The molecule has 4 atom stereocenters. The number of benzene rings is 2. The number of para-hydroxylation sites is 1. The molecule has 5 rings (SSSR count). The summed E-state index contributed by atoms with van der Waals surface area (Å²) in [6, 6.07) is 11.7. The van der Waals surface area contributed by atoms with Gasteiger partial charge in [0.2, 0.25) is 0 Å². The Balaban J connectivity index is 1.63. The third kappa shape index (κ3) is 4.07. The zero-order valence-electron chi connectivity index (χ0n) is 18.5. The molecule has 0 spiro atoms. The van der Waals surface area contributed by atoms with Crippen LogP contribution in [0.4, 0.5) is 17.6 Å². The first-order valence-corrected chi connectivity index (χ1v) is 11.3. The van der Waals surface area contributed by atoms with Crippen molar-refractivity contribution in [3.8, 4) is 0 Å². The van der Waals surface area contributed by atoms with Crippen molar-refractivity contribution in [2.24, 2.45) is 0 Å². The number of rotatable bonds is 4. The molecule has 34 heavy (non-hydrogen) atoms. The number of fused-ring (bicyclic) bond motifs is 5. The van der Waals surface area contributed by atoms with Gasteiger partial charge in [0.1, 0.15) is 11.9 Å². The maximum absolute atomic E-state index is 15.0. The van der Waals surface area contributed by atoms with Crippen LogP contribution in [0.25, 0.3) is 10.9 Å². The van der Waals surface area contributed by atoms with E-state index in [0.29, 0.717) is 18.4 Å². The Kier molecular flexibility index (Phi) is 5.85. The molecule has 2 aliphatic rings. The van der Waals surface area contributed by atoms with Crippen molar-refractivity contribution in [2.75, 3.05) is 13.7 Å². The van der Waals surface area contributed by atoms with Gasteiger partial charge in [-0.25, -0.2) is 4.39 Å². The highest BCUT2D eigenvalue weighted by Crippen LogP contribution is 2.49. The SMILES string of the molecule is COC(=O)C1Cc2c([nH]c3ccccc23)C2CC(NCC(F)(F)F)CC(c3ccccc3F)N12. The average Bonchev–Trinajstić information content (AvgIpc) is 3.20. The lowest BCUT2D eigenvalue weighted by Gasteiger charge is -2.50. The molecule has 2 N–H and O–H groups in total. The highest BCUT2D eigenvalue weighted by atomic mass is 19.4. The number of methoxy groups -OCH3 is 1. The van der Waals surface area contributed by atoms with Gasteiger partial charge in [-0.2, -0.15) is 13.2 Å². The molecule has 2 aromatic carbocycles. The number of aromatic nitrogens is 1. The van der Waals surface area contributed by atoms with Gasteiger partial charge in [-0.05, 0) is 30.5 Å². The summed E-state index contributed by atoms with van der Waals surface area (Å²) in [7, 11) is 1.32. The summed E-state index contributed by atoms with van der Waals surface area (Å²) >= 11 is 0. The van der Waals surface area contributed by atoms with Crippen LogP contribution in [0.3, 0.4) is 0 Å². The minimum atomic E-state index is -4.36. The van der Waals surface area contributed by atoms with Crippen LogP contribution in [0.5, 0.6) is 0 Å². The van der Waals surface area contributed by atoms with Gasteiger partial charge in [0.15, 0.2) is 0 Å². The van der Waals surface area contributed by atoms with Gasteiger partial charge in [0.05, 0.1) is 19.7 Å². The molecule has 5 nitrogen and oxygen atoms in total. The van der Waals surface area contributed by atoms with Gasteiger partial charge >= 0.3 is 12.1 Å². The number of piperidine rings is 1. The van der Waals surface area contributed by atoms with Gasteiger partial charge in [-0.3, -0.25) is 9.69 Å². The summed E-state index contributed by atoms with van der Waals surface area (Å²) in [5.74, 6) is -0.891. The fourth-order valence-corrected chi connectivity index (χ4v) is 5.62. The zero-order valence-corrected chi connectivity index (χ0v) is 18.5. The first kappa shape index (κ1) is 22.9. The molecular formula is C25H25F4N3O2. The van der Waals surface area contributed by atoms with Crippen molar-refractivity contribution in [1.29, 1.82) is 0 Å². The summed E-state index contributed by atoms with van der Waals surface area (Å²) in [6.45, 7) is -1.13. The maximum atomic E-state index is 15.0. The average molecular weight is 475 g/mol. The minimum Gasteiger partial charge on any atom is -0.468 e. The van der Waals surface area contributed by atoms with E-state index in [1.807, 2.05) is 29.2 Å². The second-order valence-electron chi connectivity index (χ2n) is 8.97. The van der Waals surface area contributed by atoms with Crippen LogP contribution in [-0.4, -0.2) is 47.8 Å². The lowest BCUT2D eigenvalue weighted by molar-refractivity contribution is -0.152. The Morgan fingerprint density at radius 3 is 2.56 bits per heavy atom. The molecule has 2 aliphatic heterocycles. The van der Waals surface area contributed by atoms with Crippen molar-refractivity contribution in [3.05, 3.63) is 71.2 Å². The highest BCUT2D eigenvalue weighted by molar-refractivity contribution is 5.87. The van der Waals surface area contributed by atoms with E-state index in [1.54, 1.807) is 18.2 Å². The molecule has 4 unspecified atom stereocenters. The zero-order chi connectivity index (χ0) is 24.0. The van der Waals surface area contributed by atoms with E-state index in [0.717, 1.165) is 22.2 Å². The molecule has 1 fully saturated rings. The first-order chi connectivity index (χ1) is 16.3. The van der Waals surface area contributed by atoms with E-state index in [-0.39, 0.29) is 6.42 Å². The van der Waals surface area contributed by atoms with Gasteiger partial charge in [0, 0.05) is 40.7 Å². The van der Waals surface area contributed by atoms with Gasteiger partial charge in [-0.15, -0.1) is 0 Å². The third-order valence-corrected chi connectivity index (χ3v) is 7.00. The smallest absolute Gasteiger partial charge is 0.401 e. The van der Waals surface area contributed by atoms with E-state index in [2.05, 4.69) is 10.3 Å². The van der Waals surface area contributed by atoms with E-state index < -0.39 is 48.7 Å². The second-order valence-corrected chi connectivity index (χ2v) is 8.97. The normalized spacial score (nSPS) is 25.1. The van der Waals surface area contributed by atoms with Crippen LogP contribution in [0, 0.1) is 5.82 Å². The summed E-state index contributed by atoms with van der Waals surface area (Å²) < 4.78 is 59.1. The van der Waals surface area contributed by atoms with Crippen molar-refractivity contribution in [2.45, 2.75) is 49.6 Å². The number of nitrogens with one attached hydrogen (secondary N) is 2. The lowest BCUT2D eigenvalue weighted by atomic mass is 9.79. The van der Waals surface area contributed by atoms with Crippen LogP contribution in [0.2, 0.25) is 0 Å². The molecule has 9 heteroatoms. The molecule has 1 saturated heterocycles. The molecule has 0 amide bonds. The number of aromatic amines is 1. The maximum Gasteiger partial charge on any atom is 0.401 e. The predicted molar refractivity (Wildman–Crippen MR) is 119 cm³/mol. The van der Waals surface area contributed by atoms with Crippen molar-refractivity contribution >= 4 is 16.9 Å². The van der Waals surface area contributed by atoms with Gasteiger partial charge in [0.25, 0.3) is 0 Å². The number of hydrogen-bond acceptors (Lipinski definition) is 4. The third-order valence-electron chi connectivity index (χ3n) is 7.00. The predicted octanol–water partition coefficient (Wildman–Crippen LogP) is 4.80. The van der Waals surface area contributed by atoms with Crippen molar-refractivity contribution < 1.29 is 27.1 Å². The number of H-pyrrole nitrogens is 1.